The van der Waals surface area contributed by atoms with Crippen LogP contribution in [0.3, 0.4) is 0 Å². The van der Waals surface area contributed by atoms with Gasteiger partial charge in [0.2, 0.25) is 11.8 Å². The number of aliphatic hydroxyl groups is 1. The Balaban J connectivity index is 1.52. The van der Waals surface area contributed by atoms with Crippen LogP contribution in [-0.4, -0.2) is 47.9 Å². The number of carbonyl (C=O) groups is 2. The topological polar surface area (TPSA) is 90.5 Å². The monoisotopic (exact) mass is 321 g/mol. The number of para-hydroxylation sites is 1. The van der Waals surface area contributed by atoms with Gasteiger partial charge in [-0.2, -0.15) is 0 Å². The van der Waals surface area contributed by atoms with E-state index in [0.29, 0.717) is 19.6 Å². The Labute approximate surface area is 133 Å². The number of carbonyl (C=O) groups excluding carboxylic acids is 2. The Morgan fingerprint density at radius 2 is 2.18 bits per heavy atom. The highest BCUT2D eigenvalue weighted by Crippen LogP contribution is 2.36. The zero-order chi connectivity index (χ0) is 15.5. The molecule has 0 saturated carbocycles. The number of amides is 2. The predicted octanol–water partition coefficient (Wildman–Crippen LogP) is 0.186. The Hall–Kier alpha value is -1.57. The van der Waals surface area contributed by atoms with Crippen LogP contribution in [0.4, 0.5) is 5.69 Å². The molecule has 2 amide bonds. The molecular formula is C15H19N3O3S. The van der Waals surface area contributed by atoms with Gasteiger partial charge in [-0.15, -0.1) is 11.8 Å². The number of rotatable bonds is 4. The van der Waals surface area contributed by atoms with Crippen LogP contribution < -0.4 is 16.0 Å². The molecule has 118 valence electrons. The number of benzene rings is 1. The molecule has 3 rings (SSSR count). The third kappa shape index (κ3) is 3.43. The van der Waals surface area contributed by atoms with Crippen molar-refractivity contribution in [2.75, 3.05) is 25.0 Å². The molecule has 2 heterocycles. The molecule has 0 aromatic heterocycles. The van der Waals surface area contributed by atoms with E-state index in [9.17, 15) is 14.7 Å². The maximum Gasteiger partial charge on any atom is 0.238 e. The lowest BCUT2D eigenvalue weighted by atomic mass is 10.1. The molecule has 2 aliphatic heterocycles. The summed E-state index contributed by atoms with van der Waals surface area (Å²) in [4.78, 5) is 25.1. The van der Waals surface area contributed by atoms with Crippen molar-refractivity contribution in [1.29, 1.82) is 0 Å². The van der Waals surface area contributed by atoms with Crippen molar-refractivity contribution in [3.63, 3.8) is 0 Å². The van der Waals surface area contributed by atoms with Gasteiger partial charge in [0.15, 0.2) is 0 Å². The molecule has 4 N–H and O–H groups in total. The molecule has 0 radical (unpaired) electrons. The summed E-state index contributed by atoms with van der Waals surface area (Å²) in [5.41, 5.74) is 0.800. The smallest absolute Gasteiger partial charge is 0.238 e. The van der Waals surface area contributed by atoms with Gasteiger partial charge >= 0.3 is 0 Å². The number of anilines is 1. The van der Waals surface area contributed by atoms with Gasteiger partial charge in [-0.1, -0.05) is 12.1 Å². The molecule has 0 spiro atoms. The molecule has 3 unspecified atom stereocenters. The minimum absolute atomic E-state index is 0.0394. The molecule has 6 nitrogen and oxygen atoms in total. The summed E-state index contributed by atoms with van der Waals surface area (Å²) < 4.78 is 0. The average molecular weight is 321 g/mol. The number of hydrogen-bond acceptors (Lipinski definition) is 5. The Morgan fingerprint density at radius 1 is 1.36 bits per heavy atom. The summed E-state index contributed by atoms with van der Waals surface area (Å²) in [6.07, 6.45) is -0.277. The standard InChI is InChI=1S/C15H19N3O3S/c19-11-8-16-6-9(11)7-17-14(20)5-13-15(21)18-10-3-1-2-4-12(10)22-13/h1-4,9,11,13,16,19H,5-8H2,(H,17,20)(H,18,21). The molecular weight excluding hydrogens is 302 g/mol. The van der Waals surface area contributed by atoms with Gasteiger partial charge in [0, 0.05) is 36.9 Å². The summed E-state index contributed by atoms with van der Waals surface area (Å²) in [5.74, 6) is -0.259. The average Bonchev–Trinajstić information content (AvgIpc) is 2.91. The number of aliphatic hydroxyl groups excluding tert-OH is 1. The van der Waals surface area contributed by atoms with Crippen molar-refractivity contribution in [2.24, 2.45) is 5.92 Å². The third-order valence-corrected chi connectivity index (χ3v) is 5.22. The van der Waals surface area contributed by atoms with E-state index in [1.165, 1.54) is 11.8 Å². The van der Waals surface area contributed by atoms with Gasteiger partial charge in [-0.05, 0) is 12.1 Å². The van der Waals surface area contributed by atoms with Gasteiger partial charge in [0.25, 0.3) is 0 Å². The predicted molar refractivity (Wildman–Crippen MR) is 84.7 cm³/mol. The summed E-state index contributed by atoms with van der Waals surface area (Å²) in [6, 6.07) is 7.57. The molecule has 1 aromatic rings. The number of hydrogen-bond donors (Lipinski definition) is 4. The molecule has 3 atom stereocenters. The summed E-state index contributed by atoms with van der Waals surface area (Å²) in [6.45, 7) is 1.70. The van der Waals surface area contributed by atoms with Crippen LogP contribution in [0.25, 0.3) is 0 Å². The lowest BCUT2D eigenvalue weighted by molar-refractivity contribution is -0.124. The lowest BCUT2D eigenvalue weighted by Crippen LogP contribution is -2.38. The first-order chi connectivity index (χ1) is 10.6. The van der Waals surface area contributed by atoms with Crippen LogP contribution in [0.5, 0.6) is 0 Å². The quantitative estimate of drug-likeness (QED) is 0.635. The van der Waals surface area contributed by atoms with Gasteiger partial charge in [-0.3, -0.25) is 9.59 Å². The van der Waals surface area contributed by atoms with E-state index in [2.05, 4.69) is 16.0 Å². The fourth-order valence-electron chi connectivity index (χ4n) is 2.64. The van der Waals surface area contributed by atoms with E-state index in [-0.39, 0.29) is 24.2 Å². The first-order valence-electron chi connectivity index (χ1n) is 7.35. The van der Waals surface area contributed by atoms with E-state index in [4.69, 9.17) is 0 Å². The first-order valence-corrected chi connectivity index (χ1v) is 8.23. The molecule has 1 aromatic carbocycles. The number of fused-ring (bicyclic) bond motifs is 1. The van der Waals surface area contributed by atoms with E-state index in [0.717, 1.165) is 10.6 Å². The summed E-state index contributed by atoms with van der Waals surface area (Å²) in [7, 11) is 0. The maximum atomic E-state index is 12.0. The largest absolute Gasteiger partial charge is 0.391 e. The second-order valence-corrected chi connectivity index (χ2v) is 6.83. The van der Waals surface area contributed by atoms with Crippen LogP contribution in [0.15, 0.2) is 29.2 Å². The van der Waals surface area contributed by atoms with E-state index < -0.39 is 11.4 Å². The zero-order valence-electron chi connectivity index (χ0n) is 12.0. The molecule has 2 aliphatic rings. The Bertz CT molecular complexity index is 581. The summed E-state index contributed by atoms with van der Waals surface area (Å²) >= 11 is 1.42. The zero-order valence-corrected chi connectivity index (χ0v) is 12.9. The van der Waals surface area contributed by atoms with E-state index >= 15 is 0 Å². The highest BCUT2D eigenvalue weighted by Gasteiger charge is 2.30. The van der Waals surface area contributed by atoms with Crippen molar-refractivity contribution in [1.82, 2.24) is 10.6 Å². The van der Waals surface area contributed by atoms with Gasteiger partial charge in [0.05, 0.1) is 17.0 Å². The number of β-amino-alcohol motifs (C(OH)–C–C–N with tert-alkyl or cyclic N) is 1. The second kappa shape index (κ2) is 6.68. The van der Waals surface area contributed by atoms with Gasteiger partial charge in [-0.25, -0.2) is 0 Å². The van der Waals surface area contributed by atoms with Crippen molar-refractivity contribution >= 4 is 29.3 Å². The molecule has 22 heavy (non-hydrogen) atoms. The molecule has 0 aliphatic carbocycles. The molecule has 7 heteroatoms. The van der Waals surface area contributed by atoms with Crippen LogP contribution >= 0.6 is 11.8 Å². The van der Waals surface area contributed by atoms with Crippen LogP contribution in [-0.2, 0) is 9.59 Å². The van der Waals surface area contributed by atoms with Crippen molar-refractivity contribution in [3.05, 3.63) is 24.3 Å². The number of nitrogens with one attached hydrogen (secondary N) is 3. The highest BCUT2D eigenvalue weighted by atomic mass is 32.2. The highest BCUT2D eigenvalue weighted by molar-refractivity contribution is 8.01. The van der Waals surface area contributed by atoms with E-state index in [1.54, 1.807) is 0 Å². The second-order valence-electron chi connectivity index (χ2n) is 5.59. The van der Waals surface area contributed by atoms with Gasteiger partial charge in [0.1, 0.15) is 0 Å². The first kappa shape index (κ1) is 15.3. The SMILES string of the molecule is O=C(CC1Sc2ccccc2NC1=O)NCC1CNCC1O. The molecule has 1 saturated heterocycles. The molecule has 1 fully saturated rings. The number of thioether (sulfide) groups is 1. The fourth-order valence-corrected chi connectivity index (χ4v) is 3.75. The van der Waals surface area contributed by atoms with Crippen molar-refractivity contribution in [2.45, 2.75) is 22.7 Å². The van der Waals surface area contributed by atoms with Crippen LogP contribution in [0.1, 0.15) is 6.42 Å². The maximum absolute atomic E-state index is 12.0. The normalized spacial score (nSPS) is 27.1. The summed E-state index contributed by atoms with van der Waals surface area (Å²) in [5, 5.41) is 18.0. The van der Waals surface area contributed by atoms with Crippen molar-refractivity contribution in [3.8, 4) is 0 Å². The van der Waals surface area contributed by atoms with E-state index in [1.807, 2.05) is 24.3 Å². The Kier molecular flexibility index (Phi) is 4.66. The third-order valence-electron chi connectivity index (χ3n) is 3.94. The lowest BCUT2D eigenvalue weighted by Gasteiger charge is -2.23. The minimum Gasteiger partial charge on any atom is -0.391 e. The van der Waals surface area contributed by atoms with Crippen LogP contribution in [0.2, 0.25) is 0 Å². The van der Waals surface area contributed by atoms with Crippen LogP contribution in [0, 0.1) is 5.92 Å². The van der Waals surface area contributed by atoms with Gasteiger partial charge < -0.3 is 21.1 Å². The fraction of sp³-hybridized carbons (Fsp3) is 0.467. The van der Waals surface area contributed by atoms with Crippen molar-refractivity contribution < 1.29 is 14.7 Å². The minimum atomic E-state index is -0.417. The Morgan fingerprint density at radius 3 is 2.95 bits per heavy atom. The molecule has 0 bridgehead atoms.